The van der Waals surface area contributed by atoms with Gasteiger partial charge in [0.15, 0.2) is 0 Å². The van der Waals surface area contributed by atoms with Crippen LogP contribution in [0.3, 0.4) is 0 Å². The van der Waals surface area contributed by atoms with E-state index in [4.69, 9.17) is 5.26 Å². The van der Waals surface area contributed by atoms with Gasteiger partial charge in [-0.2, -0.15) is 9.57 Å². The van der Waals surface area contributed by atoms with E-state index in [1.165, 1.54) is 10.4 Å². The minimum atomic E-state index is -3.65. The van der Waals surface area contributed by atoms with Crippen LogP contribution in [0.15, 0.2) is 23.1 Å². The molecule has 5 nitrogen and oxygen atoms in total. The van der Waals surface area contributed by atoms with E-state index in [9.17, 15) is 12.8 Å². The summed E-state index contributed by atoms with van der Waals surface area (Å²) in [5.74, 6) is -0.706. The standard InChI is InChI=1S/C13H16FN3O2S/c1-2-16-5-7-17(8-6-16)20(18,19)12-3-4-13(14)11(9-12)10-15/h3-4,9H,2,5-8H2,1H3. The van der Waals surface area contributed by atoms with Gasteiger partial charge in [-0.25, -0.2) is 12.8 Å². The van der Waals surface area contributed by atoms with Gasteiger partial charge in [-0.3, -0.25) is 0 Å². The van der Waals surface area contributed by atoms with Crippen LogP contribution in [0.2, 0.25) is 0 Å². The topological polar surface area (TPSA) is 64.4 Å². The van der Waals surface area contributed by atoms with E-state index in [0.29, 0.717) is 26.2 Å². The summed E-state index contributed by atoms with van der Waals surface area (Å²) in [6.45, 7) is 5.11. The lowest BCUT2D eigenvalue weighted by atomic mass is 10.2. The van der Waals surface area contributed by atoms with E-state index >= 15 is 0 Å². The molecular formula is C13H16FN3O2S. The average molecular weight is 297 g/mol. The van der Waals surface area contributed by atoms with Gasteiger partial charge in [0.05, 0.1) is 10.5 Å². The smallest absolute Gasteiger partial charge is 0.243 e. The molecule has 2 rings (SSSR count). The normalized spacial score (nSPS) is 17.9. The van der Waals surface area contributed by atoms with E-state index in [-0.39, 0.29) is 10.5 Å². The molecule has 0 N–H and O–H groups in total. The first kappa shape index (κ1) is 14.9. The molecule has 1 heterocycles. The van der Waals surface area contributed by atoms with Crippen molar-refractivity contribution in [1.82, 2.24) is 9.21 Å². The molecule has 1 saturated heterocycles. The fourth-order valence-electron chi connectivity index (χ4n) is 2.19. The van der Waals surface area contributed by atoms with Crippen molar-refractivity contribution in [1.29, 1.82) is 5.26 Å². The zero-order valence-electron chi connectivity index (χ0n) is 11.2. The van der Waals surface area contributed by atoms with E-state index in [0.717, 1.165) is 18.7 Å². The fraction of sp³-hybridized carbons (Fsp3) is 0.462. The Balaban J connectivity index is 2.25. The highest BCUT2D eigenvalue weighted by Gasteiger charge is 2.28. The van der Waals surface area contributed by atoms with Crippen LogP contribution in [-0.4, -0.2) is 50.3 Å². The maximum atomic E-state index is 13.3. The van der Waals surface area contributed by atoms with Crippen LogP contribution in [0.1, 0.15) is 12.5 Å². The van der Waals surface area contributed by atoms with E-state index in [1.807, 2.05) is 6.92 Å². The number of halogens is 1. The monoisotopic (exact) mass is 297 g/mol. The minimum Gasteiger partial charge on any atom is -0.301 e. The van der Waals surface area contributed by atoms with Crippen LogP contribution in [0.5, 0.6) is 0 Å². The molecule has 7 heteroatoms. The lowest BCUT2D eigenvalue weighted by molar-refractivity contribution is 0.196. The summed E-state index contributed by atoms with van der Waals surface area (Å²) < 4.78 is 39.5. The number of nitriles is 1. The molecular weight excluding hydrogens is 281 g/mol. The second-order valence-electron chi connectivity index (χ2n) is 4.59. The van der Waals surface area contributed by atoms with Gasteiger partial charge in [-0.15, -0.1) is 0 Å². The molecule has 1 aromatic rings. The van der Waals surface area contributed by atoms with Crippen molar-refractivity contribution in [2.24, 2.45) is 0 Å². The first-order valence-corrected chi connectivity index (χ1v) is 7.85. The molecule has 0 amide bonds. The summed E-state index contributed by atoms with van der Waals surface area (Å²) in [5.41, 5.74) is -0.252. The fourth-order valence-corrected chi connectivity index (χ4v) is 3.63. The summed E-state index contributed by atoms with van der Waals surface area (Å²) in [4.78, 5) is 2.14. The Morgan fingerprint density at radius 3 is 2.50 bits per heavy atom. The lowest BCUT2D eigenvalue weighted by Crippen LogP contribution is -2.48. The van der Waals surface area contributed by atoms with Crippen LogP contribution in [0, 0.1) is 17.1 Å². The molecule has 20 heavy (non-hydrogen) atoms. The van der Waals surface area contributed by atoms with E-state index in [2.05, 4.69) is 4.90 Å². The van der Waals surface area contributed by atoms with Crippen molar-refractivity contribution in [3.05, 3.63) is 29.6 Å². The first-order chi connectivity index (χ1) is 9.48. The third kappa shape index (κ3) is 2.82. The zero-order valence-corrected chi connectivity index (χ0v) is 12.0. The van der Waals surface area contributed by atoms with E-state index < -0.39 is 15.8 Å². The van der Waals surface area contributed by atoms with Crippen molar-refractivity contribution in [2.75, 3.05) is 32.7 Å². The molecule has 0 aromatic heterocycles. The summed E-state index contributed by atoms with van der Waals surface area (Å²) >= 11 is 0. The van der Waals surface area contributed by atoms with Crippen LogP contribution >= 0.6 is 0 Å². The average Bonchev–Trinajstić information content (AvgIpc) is 2.47. The highest BCUT2D eigenvalue weighted by molar-refractivity contribution is 7.89. The minimum absolute atomic E-state index is 0.0274. The van der Waals surface area contributed by atoms with Crippen LogP contribution in [0.4, 0.5) is 4.39 Å². The van der Waals surface area contributed by atoms with Gasteiger partial charge in [0.2, 0.25) is 10.0 Å². The van der Waals surface area contributed by atoms with Crippen molar-refractivity contribution in [3.63, 3.8) is 0 Å². The molecule has 0 aliphatic carbocycles. The Labute approximate surface area is 118 Å². The Kier molecular flexibility index (Phi) is 4.38. The molecule has 108 valence electrons. The van der Waals surface area contributed by atoms with Crippen molar-refractivity contribution < 1.29 is 12.8 Å². The number of sulfonamides is 1. The maximum Gasteiger partial charge on any atom is 0.243 e. The van der Waals surface area contributed by atoms with Crippen LogP contribution in [0.25, 0.3) is 0 Å². The quantitative estimate of drug-likeness (QED) is 0.835. The van der Waals surface area contributed by atoms with Crippen molar-refractivity contribution in [2.45, 2.75) is 11.8 Å². The Morgan fingerprint density at radius 2 is 1.95 bits per heavy atom. The number of likely N-dealkylation sites (N-methyl/N-ethyl adjacent to an activating group) is 1. The molecule has 1 aromatic carbocycles. The Bertz CT molecular complexity index is 632. The maximum absolute atomic E-state index is 13.3. The number of hydrogen-bond donors (Lipinski definition) is 0. The Morgan fingerprint density at radius 1 is 1.30 bits per heavy atom. The largest absolute Gasteiger partial charge is 0.301 e. The molecule has 1 fully saturated rings. The summed E-state index contributed by atoms with van der Waals surface area (Å²) in [6, 6.07) is 4.98. The van der Waals surface area contributed by atoms with Crippen LogP contribution < -0.4 is 0 Å². The van der Waals surface area contributed by atoms with Crippen molar-refractivity contribution in [3.8, 4) is 6.07 Å². The summed E-state index contributed by atoms with van der Waals surface area (Å²) in [6.07, 6.45) is 0. The summed E-state index contributed by atoms with van der Waals surface area (Å²) in [7, 11) is -3.65. The number of nitrogens with zero attached hydrogens (tertiary/aromatic N) is 3. The Hall–Kier alpha value is -1.49. The third-order valence-corrected chi connectivity index (χ3v) is 5.37. The number of piperazine rings is 1. The van der Waals surface area contributed by atoms with Crippen molar-refractivity contribution >= 4 is 10.0 Å². The van der Waals surface area contributed by atoms with Gasteiger partial charge in [-0.1, -0.05) is 6.92 Å². The highest BCUT2D eigenvalue weighted by atomic mass is 32.2. The molecule has 0 radical (unpaired) electrons. The summed E-state index contributed by atoms with van der Waals surface area (Å²) in [5, 5.41) is 8.78. The highest BCUT2D eigenvalue weighted by Crippen LogP contribution is 2.20. The van der Waals surface area contributed by atoms with Gasteiger partial charge >= 0.3 is 0 Å². The molecule has 0 unspecified atom stereocenters. The van der Waals surface area contributed by atoms with Gasteiger partial charge in [0.1, 0.15) is 11.9 Å². The van der Waals surface area contributed by atoms with E-state index in [1.54, 1.807) is 6.07 Å². The third-order valence-electron chi connectivity index (χ3n) is 3.47. The first-order valence-electron chi connectivity index (χ1n) is 6.41. The van der Waals surface area contributed by atoms with Gasteiger partial charge < -0.3 is 4.90 Å². The second kappa shape index (κ2) is 5.87. The predicted octanol–water partition coefficient (Wildman–Crippen LogP) is 1.02. The SMILES string of the molecule is CCN1CCN(S(=O)(=O)c2ccc(F)c(C#N)c2)CC1. The number of benzene rings is 1. The number of hydrogen-bond acceptors (Lipinski definition) is 4. The van der Waals surface area contributed by atoms with Gasteiger partial charge in [0.25, 0.3) is 0 Å². The second-order valence-corrected chi connectivity index (χ2v) is 6.53. The number of rotatable bonds is 3. The predicted molar refractivity (Wildman–Crippen MR) is 72.0 cm³/mol. The molecule has 0 atom stereocenters. The van der Waals surface area contributed by atoms with Gasteiger partial charge in [-0.05, 0) is 24.7 Å². The van der Waals surface area contributed by atoms with Crippen LogP contribution in [-0.2, 0) is 10.0 Å². The molecule has 1 aliphatic heterocycles. The van der Waals surface area contributed by atoms with Gasteiger partial charge in [0, 0.05) is 26.2 Å². The molecule has 0 saturated carbocycles. The lowest BCUT2D eigenvalue weighted by Gasteiger charge is -2.33. The molecule has 0 spiro atoms. The molecule has 1 aliphatic rings. The molecule has 0 bridgehead atoms. The zero-order chi connectivity index (χ0) is 14.8.